The van der Waals surface area contributed by atoms with Crippen molar-refractivity contribution in [2.24, 2.45) is 41.4 Å². The van der Waals surface area contributed by atoms with Gasteiger partial charge in [0.15, 0.2) is 0 Å². The predicted molar refractivity (Wildman–Crippen MR) is 99.0 cm³/mol. The van der Waals surface area contributed by atoms with Crippen molar-refractivity contribution in [1.82, 2.24) is 0 Å². The largest absolute Gasteiger partial charge is 0.0651 e. The average molecular weight is 307 g/mol. The van der Waals surface area contributed by atoms with Gasteiger partial charge < -0.3 is 0 Å². The molecule has 0 aliphatic heterocycles. The molecule has 2 fully saturated rings. The minimum atomic E-state index is 0.908. The van der Waals surface area contributed by atoms with Crippen molar-refractivity contribution in [2.45, 2.75) is 98.8 Å². The fraction of sp³-hybridized carbons (Fsp3) is 1.00. The van der Waals surface area contributed by atoms with Crippen LogP contribution in [0.15, 0.2) is 0 Å². The number of rotatable bonds is 8. The minimum Gasteiger partial charge on any atom is -0.0651 e. The van der Waals surface area contributed by atoms with Crippen LogP contribution in [0, 0.1) is 41.4 Å². The molecule has 0 heterocycles. The highest BCUT2D eigenvalue weighted by atomic mass is 14.5. The molecule has 2 aliphatic carbocycles. The average Bonchev–Trinajstić information content (AvgIpc) is 2.98. The Kier molecular flexibility index (Phi) is 7.29. The molecule has 0 N–H and O–H groups in total. The van der Waals surface area contributed by atoms with Crippen LogP contribution in [0.1, 0.15) is 98.8 Å². The van der Waals surface area contributed by atoms with E-state index in [0.29, 0.717) is 0 Å². The molecule has 0 aromatic carbocycles. The zero-order valence-corrected chi connectivity index (χ0v) is 16.1. The van der Waals surface area contributed by atoms with Crippen molar-refractivity contribution < 1.29 is 0 Å². The molecule has 0 nitrogen and oxygen atoms in total. The van der Waals surface area contributed by atoms with E-state index in [0.717, 1.165) is 41.4 Å². The van der Waals surface area contributed by atoms with Gasteiger partial charge in [-0.25, -0.2) is 0 Å². The highest BCUT2D eigenvalue weighted by molar-refractivity contribution is 4.92. The molecule has 0 aromatic heterocycles. The zero-order valence-electron chi connectivity index (χ0n) is 16.1. The monoisotopic (exact) mass is 306 g/mol. The number of hydrogen-bond donors (Lipinski definition) is 0. The van der Waals surface area contributed by atoms with Gasteiger partial charge in [0, 0.05) is 0 Å². The Bertz CT molecular complexity index is 305. The molecule has 0 radical (unpaired) electrons. The van der Waals surface area contributed by atoms with Crippen molar-refractivity contribution in [1.29, 1.82) is 0 Å². The van der Waals surface area contributed by atoms with Crippen molar-refractivity contribution in [3.8, 4) is 0 Å². The van der Waals surface area contributed by atoms with Crippen LogP contribution in [0.25, 0.3) is 0 Å². The molecule has 130 valence electrons. The summed E-state index contributed by atoms with van der Waals surface area (Å²) in [6.07, 6.45) is 15.0. The zero-order chi connectivity index (χ0) is 16.1. The Balaban J connectivity index is 1.78. The smallest absolute Gasteiger partial charge is 0.0355 e. The van der Waals surface area contributed by atoms with Crippen LogP contribution < -0.4 is 0 Å². The second-order valence-corrected chi connectivity index (χ2v) is 9.27. The summed E-state index contributed by atoms with van der Waals surface area (Å²) in [4.78, 5) is 0. The first kappa shape index (κ1) is 18.3. The van der Waals surface area contributed by atoms with Crippen LogP contribution in [0.3, 0.4) is 0 Å². The minimum absolute atomic E-state index is 0.908. The molecular weight excluding hydrogens is 264 g/mol. The van der Waals surface area contributed by atoms with Gasteiger partial charge in [-0.3, -0.25) is 0 Å². The molecule has 22 heavy (non-hydrogen) atoms. The maximum absolute atomic E-state index is 2.57. The summed E-state index contributed by atoms with van der Waals surface area (Å²) in [6, 6.07) is 0. The molecule has 2 aliphatic rings. The summed E-state index contributed by atoms with van der Waals surface area (Å²) >= 11 is 0. The Morgan fingerprint density at radius 3 is 2.32 bits per heavy atom. The maximum atomic E-state index is 2.57. The lowest BCUT2D eigenvalue weighted by atomic mass is 9.62. The van der Waals surface area contributed by atoms with Gasteiger partial charge in [-0.15, -0.1) is 0 Å². The summed E-state index contributed by atoms with van der Waals surface area (Å²) in [7, 11) is 0. The second kappa shape index (κ2) is 8.74. The molecular formula is C22H42. The predicted octanol–water partition coefficient (Wildman–Crippen LogP) is 7.33. The first-order valence-corrected chi connectivity index (χ1v) is 10.5. The van der Waals surface area contributed by atoms with E-state index < -0.39 is 0 Å². The quantitative estimate of drug-likeness (QED) is 0.412. The van der Waals surface area contributed by atoms with E-state index in [9.17, 15) is 0 Å². The van der Waals surface area contributed by atoms with E-state index in [4.69, 9.17) is 0 Å². The standard InChI is InChI=1S/C22H42/c1-6-17(4)10-7-8-11-18(5)20-14-19-12-9-13-21(19)22(15-20)16(2)3/h16-22H,6-15H2,1-5H3. The molecule has 6 unspecified atom stereocenters. The van der Waals surface area contributed by atoms with E-state index in [2.05, 4.69) is 34.6 Å². The van der Waals surface area contributed by atoms with Crippen molar-refractivity contribution in [3.63, 3.8) is 0 Å². The highest BCUT2D eigenvalue weighted by Crippen LogP contribution is 2.51. The molecule has 0 saturated heterocycles. The lowest BCUT2D eigenvalue weighted by molar-refractivity contribution is 0.0670. The topological polar surface area (TPSA) is 0 Å². The normalized spacial score (nSPS) is 34.6. The summed E-state index contributed by atoms with van der Waals surface area (Å²) in [6.45, 7) is 12.3. The van der Waals surface area contributed by atoms with Gasteiger partial charge in [0.05, 0.1) is 0 Å². The van der Waals surface area contributed by atoms with Crippen molar-refractivity contribution >= 4 is 0 Å². The van der Waals surface area contributed by atoms with Crippen LogP contribution in [0.4, 0.5) is 0 Å². The molecule has 0 heteroatoms. The van der Waals surface area contributed by atoms with Crippen LogP contribution in [-0.2, 0) is 0 Å². The number of unbranched alkanes of at least 4 members (excludes halogenated alkanes) is 1. The van der Waals surface area contributed by atoms with E-state index in [-0.39, 0.29) is 0 Å². The van der Waals surface area contributed by atoms with Gasteiger partial charge in [-0.1, -0.05) is 79.6 Å². The fourth-order valence-electron chi connectivity index (χ4n) is 5.56. The Morgan fingerprint density at radius 2 is 1.64 bits per heavy atom. The Morgan fingerprint density at radius 1 is 0.909 bits per heavy atom. The first-order valence-electron chi connectivity index (χ1n) is 10.5. The van der Waals surface area contributed by atoms with Crippen LogP contribution >= 0.6 is 0 Å². The van der Waals surface area contributed by atoms with Gasteiger partial charge >= 0.3 is 0 Å². The molecule has 0 amide bonds. The molecule has 6 atom stereocenters. The van der Waals surface area contributed by atoms with Gasteiger partial charge in [-0.2, -0.15) is 0 Å². The lowest BCUT2D eigenvalue weighted by Crippen LogP contribution is -2.34. The third-order valence-electron chi connectivity index (χ3n) is 7.41. The van der Waals surface area contributed by atoms with E-state index in [1.54, 1.807) is 25.7 Å². The molecule has 2 saturated carbocycles. The van der Waals surface area contributed by atoms with E-state index in [1.807, 2.05) is 0 Å². The highest BCUT2D eigenvalue weighted by Gasteiger charge is 2.42. The lowest BCUT2D eigenvalue weighted by Gasteiger charge is -2.43. The summed E-state index contributed by atoms with van der Waals surface area (Å²) in [5.74, 6) is 7.08. The first-order chi connectivity index (χ1) is 10.5. The summed E-state index contributed by atoms with van der Waals surface area (Å²) in [5, 5.41) is 0. The maximum Gasteiger partial charge on any atom is -0.0355 e. The Labute approximate surface area is 140 Å². The summed E-state index contributed by atoms with van der Waals surface area (Å²) < 4.78 is 0. The number of hydrogen-bond acceptors (Lipinski definition) is 0. The van der Waals surface area contributed by atoms with Gasteiger partial charge in [0.25, 0.3) is 0 Å². The van der Waals surface area contributed by atoms with E-state index in [1.165, 1.54) is 38.5 Å². The van der Waals surface area contributed by atoms with Crippen LogP contribution in [0.2, 0.25) is 0 Å². The van der Waals surface area contributed by atoms with Crippen LogP contribution in [0.5, 0.6) is 0 Å². The third-order valence-corrected chi connectivity index (χ3v) is 7.41. The third kappa shape index (κ3) is 4.75. The SMILES string of the molecule is CCC(C)CCCCC(C)C1CC2CCCC2C(C(C)C)C1. The molecule has 2 rings (SSSR count). The fourth-order valence-corrected chi connectivity index (χ4v) is 5.56. The second-order valence-electron chi connectivity index (χ2n) is 9.27. The van der Waals surface area contributed by atoms with Gasteiger partial charge in [-0.05, 0) is 60.7 Å². The number of fused-ring (bicyclic) bond motifs is 1. The van der Waals surface area contributed by atoms with Crippen molar-refractivity contribution in [3.05, 3.63) is 0 Å². The Hall–Kier alpha value is 0. The van der Waals surface area contributed by atoms with Gasteiger partial charge in [0.2, 0.25) is 0 Å². The molecule has 0 spiro atoms. The molecule has 0 aromatic rings. The van der Waals surface area contributed by atoms with Crippen LogP contribution in [-0.4, -0.2) is 0 Å². The van der Waals surface area contributed by atoms with Crippen molar-refractivity contribution in [2.75, 3.05) is 0 Å². The summed E-state index contributed by atoms with van der Waals surface area (Å²) in [5.41, 5.74) is 0. The van der Waals surface area contributed by atoms with E-state index >= 15 is 0 Å². The van der Waals surface area contributed by atoms with Gasteiger partial charge in [0.1, 0.15) is 0 Å². The molecule has 0 bridgehead atoms.